The maximum Gasteiger partial charge on any atom is 0.225 e. The molecule has 2 rings (SSSR count). The van der Waals surface area contributed by atoms with Gasteiger partial charge in [0.2, 0.25) is 11.9 Å². The molecule has 0 atom stereocenters. The van der Waals surface area contributed by atoms with E-state index in [1.807, 2.05) is 0 Å². The van der Waals surface area contributed by atoms with Crippen LogP contribution in [0.3, 0.4) is 0 Å². The molecule has 0 fully saturated rings. The first kappa shape index (κ1) is 17.1. The highest BCUT2D eigenvalue weighted by Gasteiger charge is 2.15. The van der Waals surface area contributed by atoms with E-state index < -0.39 is 0 Å². The normalized spacial score (nSPS) is 10.8. The Morgan fingerprint density at radius 2 is 1.74 bits per heavy atom. The zero-order chi connectivity index (χ0) is 16.7. The fourth-order valence-electron chi connectivity index (χ4n) is 2.23. The van der Waals surface area contributed by atoms with Gasteiger partial charge < -0.3 is 20.6 Å². The third-order valence-electron chi connectivity index (χ3n) is 3.41. The molecule has 0 aromatic carbocycles. The fraction of sp³-hybridized carbons (Fsp3) is 0.600. The Hall–Kier alpha value is -2.22. The predicted octanol–water partition coefficient (Wildman–Crippen LogP) is 1.49. The van der Waals surface area contributed by atoms with Crippen LogP contribution in [-0.2, 0) is 0 Å². The van der Waals surface area contributed by atoms with Crippen molar-refractivity contribution in [2.24, 2.45) is 0 Å². The first-order chi connectivity index (χ1) is 11.2. The van der Waals surface area contributed by atoms with Gasteiger partial charge in [-0.1, -0.05) is 6.92 Å². The molecule has 2 aromatic heterocycles. The summed E-state index contributed by atoms with van der Waals surface area (Å²) in [5.41, 5.74) is 1.42. The average Bonchev–Trinajstić information content (AvgIpc) is 2.59. The van der Waals surface area contributed by atoms with E-state index in [-0.39, 0.29) is 6.61 Å². The van der Waals surface area contributed by atoms with E-state index >= 15 is 0 Å². The van der Waals surface area contributed by atoms with Crippen molar-refractivity contribution in [1.29, 1.82) is 0 Å². The van der Waals surface area contributed by atoms with Crippen molar-refractivity contribution in [3.8, 4) is 0 Å². The quantitative estimate of drug-likeness (QED) is 0.639. The van der Waals surface area contributed by atoms with E-state index in [9.17, 15) is 0 Å². The van der Waals surface area contributed by atoms with Gasteiger partial charge >= 0.3 is 0 Å². The van der Waals surface area contributed by atoms with Crippen LogP contribution in [-0.4, -0.2) is 57.8 Å². The lowest BCUT2D eigenvalue weighted by Gasteiger charge is -2.21. The number of fused-ring (bicyclic) bond motifs is 1. The first-order valence-corrected chi connectivity index (χ1v) is 8.11. The molecular weight excluding hydrogens is 294 g/mol. The minimum absolute atomic E-state index is 0.0284. The molecule has 2 heterocycles. The van der Waals surface area contributed by atoms with E-state index in [1.54, 1.807) is 6.20 Å². The zero-order valence-corrected chi connectivity index (χ0v) is 14.0. The Balaban J connectivity index is 2.49. The molecule has 23 heavy (non-hydrogen) atoms. The highest BCUT2D eigenvalue weighted by molar-refractivity contribution is 5.87. The van der Waals surface area contributed by atoms with Crippen molar-refractivity contribution >= 4 is 28.7 Å². The van der Waals surface area contributed by atoms with Gasteiger partial charge in [-0.2, -0.15) is 4.98 Å². The maximum atomic E-state index is 8.92. The molecule has 0 bridgehead atoms. The minimum Gasteiger partial charge on any atom is -0.395 e. The third-order valence-corrected chi connectivity index (χ3v) is 3.41. The van der Waals surface area contributed by atoms with E-state index in [0.717, 1.165) is 31.9 Å². The lowest BCUT2D eigenvalue weighted by atomic mass is 10.3. The molecule has 3 N–H and O–H groups in total. The summed E-state index contributed by atoms with van der Waals surface area (Å²) in [7, 11) is 0. The van der Waals surface area contributed by atoms with E-state index in [1.165, 1.54) is 0 Å². The minimum atomic E-state index is 0.0284. The van der Waals surface area contributed by atoms with Crippen LogP contribution in [0, 0.1) is 0 Å². The van der Waals surface area contributed by atoms with Gasteiger partial charge in [-0.15, -0.1) is 0 Å². The van der Waals surface area contributed by atoms with Crippen molar-refractivity contribution in [2.75, 3.05) is 48.3 Å². The summed E-state index contributed by atoms with van der Waals surface area (Å²) in [4.78, 5) is 20.0. The van der Waals surface area contributed by atoms with E-state index in [0.29, 0.717) is 29.5 Å². The number of nitrogens with one attached hydrogen (secondary N) is 2. The van der Waals surface area contributed by atoms with Gasteiger partial charge in [0.05, 0.1) is 12.8 Å². The topological polar surface area (TPSA) is 99.1 Å². The predicted molar refractivity (Wildman–Crippen MR) is 93.0 cm³/mol. The van der Waals surface area contributed by atoms with Crippen molar-refractivity contribution in [2.45, 2.75) is 27.2 Å². The smallest absolute Gasteiger partial charge is 0.225 e. The summed E-state index contributed by atoms with van der Waals surface area (Å²) in [6, 6.07) is 0. The number of rotatable bonds is 9. The van der Waals surface area contributed by atoms with Crippen molar-refractivity contribution in [3.63, 3.8) is 0 Å². The number of aromatic nitrogens is 4. The third kappa shape index (κ3) is 4.16. The summed E-state index contributed by atoms with van der Waals surface area (Å²) in [5, 5.41) is 15.1. The van der Waals surface area contributed by atoms with Crippen LogP contribution in [0.25, 0.3) is 11.0 Å². The van der Waals surface area contributed by atoms with Crippen LogP contribution in [0.2, 0.25) is 0 Å². The standard InChI is InChI=1S/C15H25N7O/c1-4-7-16-15-19-11-10-18-14(17-8-9-23)20-12(11)13(21-15)22(5-2)6-3/h10,23H,4-9H2,1-3H3,(H,16,19,21)(H,17,18,20). The molecule has 0 spiro atoms. The van der Waals surface area contributed by atoms with E-state index in [2.05, 4.69) is 56.2 Å². The Labute approximate surface area is 136 Å². The highest BCUT2D eigenvalue weighted by Crippen LogP contribution is 2.24. The number of nitrogens with zero attached hydrogens (tertiary/aromatic N) is 5. The lowest BCUT2D eigenvalue weighted by Crippen LogP contribution is -2.24. The lowest BCUT2D eigenvalue weighted by molar-refractivity contribution is 0.311. The van der Waals surface area contributed by atoms with Gasteiger partial charge in [0, 0.05) is 26.2 Å². The SMILES string of the molecule is CCCNc1nc(N(CC)CC)c2nc(NCCO)ncc2n1. The zero-order valence-electron chi connectivity index (χ0n) is 14.0. The molecular formula is C15H25N7O. The Morgan fingerprint density at radius 1 is 1.00 bits per heavy atom. The summed E-state index contributed by atoms with van der Waals surface area (Å²) < 4.78 is 0. The second-order valence-corrected chi connectivity index (χ2v) is 5.05. The highest BCUT2D eigenvalue weighted by atomic mass is 16.3. The number of hydrogen-bond acceptors (Lipinski definition) is 8. The number of anilines is 3. The largest absolute Gasteiger partial charge is 0.395 e. The molecule has 8 heteroatoms. The second-order valence-electron chi connectivity index (χ2n) is 5.05. The average molecular weight is 319 g/mol. The second kappa shape index (κ2) is 8.42. The van der Waals surface area contributed by atoms with Crippen LogP contribution in [0.1, 0.15) is 27.2 Å². The molecule has 0 aliphatic carbocycles. The van der Waals surface area contributed by atoms with Crippen LogP contribution < -0.4 is 15.5 Å². The number of hydrogen-bond donors (Lipinski definition) is 3. The summed E-state index contributed by atoms with van der Waals surface area (Å²) in [6.45, 7) is 9.19. The molecule has 0 radical (unpaired) electrons. The number of aliphatic hydroxyl groups excluding tert-OH is 1. The Bertz CT molecular complexity index is 630. The van der Waals surface area contributed by atoms with Gasteiger partial charge in [-0.05, 0) is 20.3 Å². The summed E-state index contributed by atoms with van der Waals surface area (Å²) in [6.07, 6.45) is 2.69. The maximum absolute atomic E-state index is 8.92. The molecule has 2 aromatic rings. The van der Waals surface area contributed by atoms with Gasteiger partial charge in [0.1, 0.15) is 11.0 Å². The van der Waals surface area contributed by atoms with E-state index in [4.69, 9.17) is 5.11 Å². The molecule has 0 unspecified atom stereocenters. The van der Waals surface area contributed by atoms with Crippen LogP contribution in [0.15, 0.2) is 6.20 Å². The summed E-state index contributed by atoms with van der Waals surface area (Å²) in [5.74, 6) is 1.87. The summed E-state index contributed by atoms with van der Waals surface area (Å²) >= 11 is 0. The molecule has 126 valence electrons. The van der Waals surface area contributed by atoms with Crippen LogP contribution in [0.4, 0.5) is 17.7 Å². The van der Waals surface area contributed by atoms with Crippen LogP contribution in [0.5, 0.6) is 0 Å². The molecule has 0 aliphatic rings. The van der Waals surface area contributed by atoms with Crippen LogP contribution >= 0.6 is 0 Å². The van der Waals surface area contributed by atoms with Gasteiger partial charge in [-0.25, -0.2) is 15.0 Å². The molecule has 0 aliphatic heterocycles. The Morgan fingerprint density at radius 3 is 2.39 bits per heavy atom. The van der Waals surface area contributed by atoms with Gasteiger partial charge in [-0.3, -0.25) is 0 Å². The Kier molecular flexibility index (Phi) is 6.28. The first-order valence-electron chi connectivity index (χ1n) is 8.11. The monoisotopic (exact) mass is 319 g/mol. The van der Waals surface area contributed by atoms with Crippen molar-refractivity contribution < 1.29 is 5.11 Å². The van der Waals surface area contributed by atoms with Crippen molar-refractivity contribution in [3.05, 3.63) is 6.20 Å². The molecule has 0 saturated carbocycles. The van der Waals surface area contributed by atoms with Crippen molar-refractivity contribution in [1.82, 2.24) is 19.9 Å². The molecule has 0 amide bonds. The molecule has 8 nitrogen and oxygen atoms in total. The van der Waals surface area contributed by atoms with Gasteiger partial charge in [0.15, 0.2) is 5.82 Å². The molecule has 0 saturated heterocycles. The fourth-order valence-corrected chi connectivity index (χ4v) is 2.23. The number of aliphatic hydroxyl groups is 1. The van der Waals surface area contributed by atoms with Gasteiger partial charge in [0.25, 0.3) is 0 Å².